The Morgan fingerprint density at radius 2 is 2.39 bits per heavy atom. The normalized spacial score (nSPS) is 10.3. The molecule has 0 radical (unpaired) electrons. The summed E-state index contributed by atoms with van der Waals surface area (Å²) in [6.07, 6.45) is 3.44. The number of ether oxygens (including phenoxy) is 1. The molecule has 1 heterocycles. The quantitative estimate of drug-likeness (QED) is 0.501. The first-order valence-electron chi connectivity index (χ1n) is 5.30. The van der Waals surface area contributed by atoms with E-state index in [-0.39, 0.29) is 0 Å². The number of nitrogens with two attached hydrogens (primary N) is 1. The number of benzene rings is 1. The zero-order valence-corrected chi connectivity index (χ0v) is 10.7. The second-order valence-electron chi connectivity index (χ2n) is 3.56. The molecule has 1 aromatic heterocycles. The molecular formula is C12H13N3O2S. The fourth-order valence-electron chi connectivity index (χ4n) is 1.57. The number of nitrogen functional groups attached to an aromatic ring is 1. The van der Waals surface area contributed by atoms with E-state index in [9.17, 15) is 4.79 Å². The van der Waals surface area contributed by atoms with E-state index in [0.29, 0.717) is 17.0 Å². The number of anilines is 1. The van der Waals surface area contributed by atoms with Gasteiger partial charge in [-0.1, -0.05) is 23.9 Å². The lowest BCUT2D eigenvalue weighted by Crippen LogP contribution is -2.09. The van der Waals surface area contributed by atoms with Crippen molar-refractivity contribution < 1.29 is 9.53 Å². The smallest absolute Gasteiger partial charge is 0.340 e. The fourth-order valence-corrected chi connectivity index (χ4v) is 2.39. The van der Waals surface area contributed by atoms with Gasteiger partial charge in [0.05, 0.1) is 12.7 Å². The lowest BCUT2D eigenvalue weighted by atomic mass is 10.1. The Morgan fingerprint density at radius 3 is 3.06 bits per heavy atom. The molecule has 94 valence electrons. The molecule has 18 heavy (non-hydrogen) atoms. The first kappa shape index (κ1) is 12.5. The SMILES string of the molecule is COC(=O)c1c(N)cccc1CSc1ncc[nH]1. The van der Waals surface area contributed by atoms with E-state index in [1.54, 1.807) is 18.5 Å². The number of carbonyl (C=O) groups is 1. The molecule has 2 rings (SSSR count). The van der Waals surface area contributed by atoms with Crippen molar-refractivity contribution in [2.45, 2.75) is 10.9 Å². The lowest BCUT2D eigenvalue weighted by molar-refractivity contribution is 0.0601. The van der Waals surface area contributed by atoms with Crippen LogP contribution in [0.15, 0.2) is 35.7 Å². The number of rotatable bonds is 4. The number of nitrogens with zero attached hydrogens (tertiary/aromatic N) is 1. The number of thioether (sulfide) groups is 1. The van der Waals surface area contributed by atoms with E-state index in [4.69, 9.17) is 10.5 Å². The van der Waals surface area contributed by atoms with Crippen LogP contribution in [0.4, 0.5) is 5.69 Å². The Morgan fingerprint density at radius 1 is 1.56 bits per heavy atom. The summed E-state index contributed by atoms with van der Waals surface area (Å²) < 4.78 is 4.74. The molecule has 3 N–H and O–H groups in total. The number of carbonyl (C=O) groups excluding carboxylic acids is 1. The van der Waals surface area contributed by atoms with Gasteiger partial charge in [-0.3, -0.25) is 0 Å². The number of H-pyrrole nitrogens is 1. The van der Waals surface area contributed by atoms with Crippen molar-refractivity contribution in [2.24, 2.45) is 0 Å². The van der Waals surface area contributed by atoms with Gasteiger partial charge in [0, 0.05) is 23.8 Å². The highest BCUT2D eigenvalue weighted by Gasteiger charge is 2.15. The van der Waals surface area contributed by atoms with Crippen molar-refractivity contribution in [3.05, 3.63) is 41.7 Å². The summed E-state index contributed by atoms with van der Waals surface area (Å²) >= 11 is 1.50. The molecule has 0 saturated carbocycles. The van der Waals surface area contributed by atoms with Crippen LogP contribution in [0.5, 0.6) is 0 Å². The van der Waals surface area contributed by atoms with E-state index in [1.165, 1.54) is 18.9 Å². The first-order chi connectivity index (χ1) is 8.72. The van der Waals surface area contributed by atoms with E-state index < -0.39 is 5.97 Å². The van der Waals surface area contributed by atoms with Crippen molar-refractivity contribution in [1.29, 1.82) is 0 Å². The Bertz CT molecular complexity index is 540. The van der Waals surface area contributed by atoms with Crippen LogP contribution in [0.25, 0.3) is 0 Å². The van der Waals surface area contributed by atoms with Crippen molar-refractivity contribution in [2.75, 3.05) is 12.8 Å². The summed E-state index contributed by atoms with van der Waals surface area (Å²) in [5.74, 6) is 0.186. The predicted molar refractivity (Wildman–Crippen MR) is 70.3 cm³/mol. The second kappa shape index (κ2) is 5.59. The molecule has 1 aromatic carbocycles. The van der Waals surface area contributed by atoms with Crippen LogP contribution < -0.4 is 5.73 Å². The molecular weight excluding hydrogens is 250 g/mol. The summed E-state index contributed by atoms with van der Waals surface area (Å²) in [6, 6.07) is 5.37. The summed E-state index contributed by atoms with van der Waals surface area (Å²) in [6.45, 7) is 0. The van der Waals surface area contributed by atoms with E-state index in [2.05, 4.69) is 9.97 Å². The van der Waals surface area contributed by atoms with Gasteiger partial charge in [0.1, 0.15) is 0 Å². The Hall–Kier alpha value is -1.95. The number of aromatic amines is 1. The van der Waals surface area contributed by atoms with Crippen LogP contribution in [-0.4, -0.2) is 23.0 Å². The van der Waals surface area contributed by atoms with Crippen molar-refractivity contribution in [3.63, 3.8) is 0 Å². The molecule has 0 aliphatic heterocycles. The zero-order valence-electron chi connectivity index (χ0n) is 9.84. The first-order valence-corrected chi connectivity index (χ1v) is 6.28. The molecule has 0 saturated heterocycles. The Labute approximate surface area is 109 Å². The zero-order chi connectivity index (χ0) is 13.0. The lowest BCUT2D eigenvalue weighted by Gasteiger charge is -2.09. The third-order valence-corrected chi connectivity index (χ3v) is 3.36. The summed E-state index contributed by atoms with van der Waals surface area (Å²) in [5, 5.41) is 0.799. The van der Waals surface area contributed by atoms with E-state index in [0.717, 1.165) is 10.7 Å². The van der Waals surface area contributed by atoms with Crippen molar-refractivity contribution in [1.82, 2.24) is 9.97 Å². The van der Waals surface area contributed by atoms with Gasteiger partial charge in [-0.05, 0) is 11.6 Å². The molecule has 5 nitrogen and oxygen atoms in total. The van der Waals surface area contributed by atoms with Crippen molar-refractivity contribution >= 4 is 23.4 Å². The summed E-state index contributed by atoms with van der Waals surface area (Å²) in [5.41, 5.74) is 7.51. The molecule has 0 amide bonds. The van der Waals surface area contributed by atoms with Gasteiger partial charge in [-0.15, -0.1) is 0 Å². The number of hydrogen-bond donors (Lipinski definition) is 2. The number of esters is 1. The Kier molecular flexibility index (Phi) is 3.88. The van der Waals surface area contributed by atoms with Gasteiger partial charge < -0.3 is 15.5 Å². The van der Waals surface area contributed by atoms with Crippen LogP contribution >= 0.6 is 11.8 Å². The minimum absolute atomic E-state index is 0.414. The van der Waals surface area contributed by atoms with Crippen LogP contribution in [0.1, 0.15) is 15.9 Å². The largest absolute Gasteiger partial charge is 0.465 e. The third-order valence-electron chi connectivity index (χ3n) is 2.41. The molecule has 2 aromatic rings. The molecule has 0 aliphatic rings. The van der Waals surface area contributed by atoms with Crippen LogP contribution in [-0.2, 0) is 10.5 Å². The van der Waals surface area contributed by atoms with E-state index >= 15 is 0 Å². The monoisotopic (exact) mass is 263 g/mol. The van der Waals surface area contributed by atoms with Gasteiger partial charge >= 0.3 is 5.97 Å². The number of hydrogen-bond acceptors (Lipinski definition) is 5. The standard InChI is InChI=1S/C12H13N3O2S/c1-17-11(16)10-8(3-2-4-9(10)13)7-18-12-14-5-6-15-12/h2-6H,7,13H2,1H3,(H,14,15). The minimum atomic E-state index is -0.414. The number of nitrogens with one attached hydrogen (secondary N) is 1. The molecule has 0 unspecified atom stereocenters. The molecule has 0 spiro atoms. The predicted octanol–water partition coefficient (Wildman–Crippen LogP) is 2.07. The van der Waals surface area contributed by atoms with Gasteiger partial charge in [0.2, 0.25) is 0 Å². The highest BCUT2D eigenvalue weighted by Crippen LogP contribution is 2.25. The molecule has 0 bridgehead atoms. The summed E-state index contributed by atoms with van der Waals surface area (Å²) in [4.78, 5) is 18.8. The van der Waals surface area contributed by atoms with Gasteiger partial charge in [0.25, 0.3) is 0 Å². The number of aromatic nitrogens is 2. The highest BCUT2D eigenvalue weighted by atomic mass is 32.2. The third kappa shape index (κ3) is 2.65. The average molecular weight is 263 g/mol. The highest BCUT2D eigenvalue weighted by molar-refractivity contribution is 7.98. The second-order valence-corrected chi connectivity index (χ2v) is 4.52. The topological polar surface area (TPSA) is 81.0 Å². The number of methoxy groups -OCH3 is 1. The fraction of sp³-hybridized carbons (Fsp3) is 0.167. The Balaban J connectivity index is 2.21. The average Bonchev–Trinajstić information content (AvgIpc) is 2.88. The summed E-state index contributed by atoms with van der Waals surface area (Å²) in [7, 11) is 1.35. The van der Waals surface area contributed by atoms with Gasteiger partial charge in [0.15, 0.2) is 5.16 Å². The maximum Gasteiger partial charge on any atom is 0.340 e. The van der Waals surface area contributed by atoms with Crippen LogP contribution in [0, 0.1) is 0 Å². The minimum Gasteiger partial charge on any atom is -0.465 e. The van der Waals surface area contributed by atoms with Crippen LogP contribution in [0.2, 0.25) is 0 Å². The maximum absolute atomic E-state index is 11.7. The molecule has 0 fully saturated rings. The number of imidazole rings is 1. The van der Waals surface area contributed by atoms with Crippen molar-refractivity contribution in [3.8, 4) is 0 Å². The van der Waals surface area contributed by atoms with Crippen LogP contribution in [0.3, 0.4) is 0 Å². The van der Waals surface area contributed by atoms with Gasteiger partial charge in [-0.2, -0.15) is 0 Å². The molecule has 0 aliphatic carbocycles. The maximum atomic E-state index is 11.7. The van der Waals surface area contributed by atoms with E-state index in [1.807, 2.05) is 12.1 Å². The molecule has 0 atom stereocenters. The van der Waals surface area contributed by atoms with Gasteiger partial charge in [-0.25, -0.2) is 9.78 Å². The molecule has 6 heteroatoms.